The SMILES string of the molecule is CCC(CC)OC(c1cc(C(F)(F)F)cc(C(F)(F)F)c1)C1C(O)c2ccccc2S1(=O)=O. The first kappa shape index (κ1) is 25.5. The third kappa shape index (κ3) is 4.90. The van der Waals surface area contributed by atoms with Crippen LogP contribution in [-0.2, 0) is 26.9 Å². The van der Waals surface area contributed by atoms with E-state index >= 15 is 0 Å². The molecular formula is C22H22F6O4S. The maximum atomic E-state index is 13.4. The van der Waals surface area contributed by atoms with Crippen LogP contribution in [0, 0.1) is 0 Å². The fourth-order valence-electron chi connectivity index (χ4n) is 3.98. The molecule has 0 aliphatic carbocycles. The molecule has 0 amide bonds. The summed E-state index contributed by atoms with van der Waals surface area (Å²) in [6.07, 6.45) is -13.7. The maximum Gasteiger partial charge on any atom is 0.416 e. The van der Waals surface area contributed by atoms with Gasteiger partial charge in [0.2, 0.25) is 0 Å². The Labute approximate surface area is 187 Å². The van der Waals surface area contributed by atoms with Crippen LogP contribution < -0.4 is 0 Å². The van der Waals surface area contributed by atoms with Crippen molar-refractivity contribution in [1.29, 1.82) is 0 Å². The molecule has 0 aromatic heterocycles. The van der Waals surface area contributed by atoms with Gasteiger partial charge in [-0.25, -0.2) is 8.42 Å². The summed E-state index contributed by atoms with van der Waals surface area (Å²) in [7, 11) is -4.34. The van der Waals surface area contributed by atoms with E-state index in [1.165, 1.54) is 24.3 Å². The Morgan fingerprint density at radius 2 is 1.45 bits per heavy atom. The molecule has 3 atom stereocenters. The number of ether oxygens (including phenoxy) is 1. The van der Waals surface area contributed by atoms with Crippen LogP contribution in [0.1, 0.15) is 61.2 Å². The van der Waals surface area contributed by atoms with Gasteiger partial charge in [-0.2, -0.15) is 26.3 Å². The zero-order valence-corrected chi connectivity index (χ0v) is 18.4. The number of fused-ring (bicyclic) bond motifs is 1. The quantitative estimate of drug-likeness (QED) is 0.509. The molecule has 33 heavy (non-hydrogen) atoms. The monoisotopic (exact) mass is 496 g/mol. The van der Waals surface area contributed by atoms with E-state index in [1.54, 1.807) is 13.8 Å². The second-order valence-electron chi connectivity index (χ2n) is 7.83. The van der Waals surface area contributed by atoms with E-state index in [-0.39, 0.29) is 16.5 Å². The van der Waals surface area contributed by atoms with Crippen LogP contribution in [0.15, 0.2) is 47.4 Å². The van der Waals surface area contributed by atoms with Gasteiger partial charge in [0.1, 0.15) is 17.5 Å². The Hall–Kier alpha value is -2.11. The number of hydrogen-bond donors (Lipinski definition) is 1. The molecule has 0 fully saturated rings. The lowest BCUT2D eigenvalue weighted by Crippen LogP contribution is -2.33. The van der Waals surface area contributed by atoms with Crippen LogP contribution in [0.25, 0.3) is 0 Å². The first-order valence-corrected chi connectivity index (χ1v) is 11.7. The van der Waals surface area contributed by atoms with E-state index in [0.29, 0.717) is 25.0 Å². The van der Waals surface area contributed by atoms with Crippen molar-refractivity contribution in [2.75, 3.05) is 0 Å². The molecule has 1 aliphatic heterocycles. The van der Waals surface area contributed by atoms with Crippen molar-refractivity contribution < 1.29 is 44.6 Å². The van der Waals surface area contributed by atoms with Crippen LogP contribution in [0.2, 0.25) is 0 Å². The molecule has 1 N–H and O–H groups in total. The van der Waals surface area contributed by atoms with Gasteiger partial charge in [0.15, 0.2) is 9.84 Å². The van der Waals surface area contributed by atoms with E-state index in [1.807, 2.05) is 0 Å². The third-order valence-corrected chi connectivity index (χ3v) is 7.91. The summed E-state index contributed by atoms with van der Waals surface area (Å²) in [5.74, 6) is 0. The zero-order chi connectivity index (χ0) is 24.8. The van der Waals surface area contributed by atoms with Crippen molar-refractivity contribution in [1.82, 2.24) is 0 Å². The van der Waals surface area contributed by atoms with Crippen LogP contribution >= 0.6 is 0 Å². The normalized spacial score (nSPS) is 21.3. The molecule has 0 saturated carbocycles. The molecule has 4 nitrogen and oxygen atoms in total. The number of halogens is 6. The number of aliphatic hydroxyl groups is 1. The highest BCUT2D eigenvalue weighted by atomic mass is 32.2. The number of benzene rings is 2. The summed E-state index contributed by atoms with van der Waals surface area (Å²) in [4.78, 5) is -0.233. The molecule has 3 unspecified atom stereocenters. The molecule has 1 aliphatic rings. The van der Waals surface area contributed by atoms with E-state index < -0.39 is 62.4 Å². The van der Waals surface area contributed by atoms with Gasteiger partial charge in [-0.15, -0.1) is 0 Å². The van der Waals surface area contributed by atoms with E-state index in [0.717, 1.165) is 0 Å². The van der Waals surface area contributed by atoms with Crippen LogP contribution in [-0.4, -0.2) is 24.9 Å². The molecular weight excluding hydrogens is 474 g/mol. The first-order chi connectivity index (χ1) is 15.2. The van der Waals surface area contributed by atoms with Crippen LogP contribution in [0.3, 0.4) is 0 Å². The van der Waals surface area contributed by atoms with Gasteiger partial charge in [-0.3, -0.25) is 0 Å². The maximum absolute atomic E-state index is 13.4. The van der Waals surface area contributed by atoms with Gasteiger partial charge in [0.25, 0.3) is 0 Å². The predicted molar refractivity (Wildman–Crippen MR) is 107 cm³/mol. The van der Waals surface area contributed by atoms with Gasteiger partial charge in [-0.05, 0) is 42.7 Å². The summed E-state index contributed by atoms with van der Waals surface area (Å²) in [5, 5.41) is 9.00. The lowest BCUT2D eigenvalue weighted by Gasteiger charge is -2.30. The van der Waals surface area contributed by atoms with Crippen molar-refractivity contribution in [3.8, 4) is 0 Å². The zero-order valence-electron chi connectivity index (χ0n) is 17.6. The van der Waals surface area contributed by atoms with Crippen molar-refractivity contribution in [3.63, 3.8) is 0 Å². The highest BCUT2D eigenvalue weighted by molar-refractivity contribution is 7.92. The van der Waals surface area contributed by atoms with E-state index in [4.69, 9.17) is 4.74 Å². The summed E-state index contributed by atoms with van der Waals surface area (Å²) in [5.41, 5.74) is -3.78. The highest BCUT2D eigenvalue weighted by Gasteiger charge is 2.50. The number of rotatable bonds is 6. The van der Waals surface area contributed by atoms with Crippen molar-refractivity contribution >= 4 is 9.84 Å². The molecule has 11 heteroatoms. The second-order valence-corrected chi connectivity index (χ2v) is 9.90. The average Bonchev–Trinajstić information content (AvgIpc) is 2.94. The lowest BCUT2D eigenvalue weighted by atomic mass is 9.95. The standard InChI is InChI=1S/C22H22F6O4S/c1-3-15(4-2)32-19(20-18(29)16-7-5-6-8-17(16)33(20,30)31)12-9-13(21(23,24)25)11-14(10-12)22(26,27)28/h5-11,15,18-20,29H,3-4H2,1-2H3. The second kappa shape index (κ2) is 8.92. The molecule has 0 saturated heterocycles. The number of hydrogen-bond acceptors (Lipinski definition) is 4. The average molecular weight is 496 g/mol. The molecule has 3 rings (SSSR count). The Bertz CT molecular complexity index is 1070. The van der Waals surface area contributed by atoms with Crippen LogP contribution in [0.5, 0.6) is 0 Å². The highest BCUT2D eigenvalue weighted by Crippen LogP contribution is 2.48. The summed E-state index contributed by atoms with van der Waals surface area (Å²) in [6, 6.07) is 6.33. The summed E-state index contributed by atoms with van der Waals surface area (Å²) in [6.45, 7) is 3.37. The first-order valence-electron chi connectivity index (χ1n) is 10.2. The predicted octanol–water partition coefficient (Wildman–Crippen LogP) is 5.86. The minimum absolute atomic E-state index is 0.0173. The number of sulfone groups is 1. The summed E-state index contributed by atoms with van der Waals surface area (Å²) < 4.78 is 113. The molecule has 0 bridgehead atoms. The van der Waals surface area contributed by atoms with Crippen molar-refractivity contribution in [2.45, 2.75) is 67.5 Å². The minimum Gasteiger partial charge on any atom is -0.387 e. The van der Waals surface area contributed by atoms with Gasteiger partial charge in [0.05, 0.1) is 22.1 Å². The van der Waals surface area contributed by atoms with Crippen LogP contribution in [0.4, 0.5) is 26.3 Å². The fraction of sp³-hybridized carbons (Fsp3) is 0.455. The summed E-state index contributed by atoms with van der Waals surface area (Å²) >= 11 is 0. The van der Waals surface area contributed by atoms with Crippen molar-refractivity contribution in [2.24, 2.45) is 0 Å². The third-order valence-electron chi connectivity index (χ3n) is 5.70. The van der Waals surface area contributed by atoms with Gasteiger partial charge >= 0.3 is 12.4 Å². The number of aliphatic hydroxyl groups excluding tert-OH is 1. The van der Waals surface area contributed by atoms with Crippen molar-refractivity contribution in [3.05, 3.63) is 64.7 Å². The molecule has 2 aromatic rings. The Morgan fingerprint density at radius 3 is 1.91 bits per heavy atom. The van der Waals surface area contributed by atoms with E-state index in [9.17, 15) is 39.9 Å². The molecule has 182 valence electrons. The largest absolute Gasteiger partial charge is 0.416 e. The Morgan fingerprint density at radius 1 is 0.939 bits per heavy atom. The molecule has 2 aromatic carbocycles. The molecule has 1 heterocycles. The molecule has 0 spiro atoms. The smallest absolute Gasteiger partial charge is 0.387 e. The number of alkyl halides is 6. The Kier molecular flexibility index (Phi) is 6.89. The Balaban J connectivity index is 2.25. The topological polar surface area (TPSA) is 63.6 Å². The lowest BCUT2D eigenvalue weighted by molar-refractivity contribution is -0.143. The van der Waals surface area contributed by atoms with Gasteiger partial charge in [0, 0.05) is 5.56 Å². The van der Waals surface area contributed by atoms with E-state index in [2.05, 4.69) is 0 Å². The van der Waals surface area contributed by atoms with Gasteiger partial charge in [-0.1, -0.05) is 32.0 Å². The van der Waals surface area contributed by atoms with Gasteiger partial charge < -0.3 is 9.84 Å². The fourth-order valence-corrected chi connectivity index (χ4v) is 6.09. The minimum atomic E-state index is -5.12. The molecule has 0 radical (unpaired) electrons.